The minimum atomic E-state index is -3.28. The third-order valence-electron chi connectivity index (χ3n) is 1.85. The summed E-state index contributed by atoms with van der Waals surface area (Å²) in [5.41, 5.74) is 0. The summed E-state index contributed by atoms with van der Waals surface area (Å²) in [4.78, 5) is 2.12. The second kappa shape index (κ2) is 5.27. The van der Waals surface area contributed by atoms with E-state index in [4.69, 9.17) is 10.7 Å². The van der Waals surface area contributed by atoms with E-state index >= 15 is 0 Å². The molecule has 12 heavy (non-hydrogen) atoms. The third kappa shape index (κ3) is 5.19. The molecule has 6 heteroatoms. The standard InChI is InChI=1S/C6H12ClNO2S.ClH/c7-11(9,10)6-5-8-3-1-2-4-8;/h1-6H2;1H. The predicted molar refractivity (Wildman–Crippen MR) is 52.6 cm³/mol. The molecule has 1 aliphatic heterocycles. The Labute approximate surface area is 83.9 Å². The number of rotatable bonds is 3. The maximum absolute atomic E-state index is 10.5. The molecule has 0 saturated carbocycles. The van der Waals surface area contributed by atoms with Crippen LogP contribution in [0.5, 0.6) is 0 Å². The van der Waals surface area contributed by atoms with Crippen LogP contribution in [0.15, 0.2) is 0 Å². The van der Waals surface area contributed by atoms with Gasteiger partial charge in [-0.25, -0.2) is 8.42 Å². The predicted octanol–water partition coefficient (Wildman–Crippen LogP) is 1.07. The fourth-order valence-electron chi connectivity index (χ4n) is 1.24. The van der Waals surface area contributed by atoms with E-state index in [2.05, 4.69) is 4.90 Å². The average molecular weight is 234 g/mol. The largest absolute Gasteiger partial charge is 0.302 e. The Hall–Kier alpha value is 0.490. The fraction of sp³-hybridized carbons (Fsp3) is 1.00. The van der Waals surface area contributed by atoms with Gasteiger partial charge < -0.3 is 4.90 Å². The molecular formula is C6H13Cl2NO2S. The lowest BCUT2D eigenvalue weighted by Gasteiger charge is -2.11. The molecule has 0 unspecified atom stereocenters. The van der Waals surface area contributed by atoms with Crippen molar-refractivity contribution in [2.75, 3.05) is 25.4 Å². The molecule has 0 aliphatic carbocycles. The SMILES string of the molecule is Cl.O=S(=O)(Cl)CCN1CCCC1. The van der Waals surface area contributed by atoms with E-state index in [0.717, 1.165) is 13.1 Å². The number of nitrogens with zero attached hydrogens (tertiary/aromatic N) is 1. The number of hydrogen-bond donors (Lipinski definition) is 0. The van der Waals surface area contributed by atoms with Gasteiger partial charge in [-0.3, -0.25) is 0 Å². The van der Waals surface area contributed by atoms with E-state index in [1.807, 2.05) is 0 Å². The number of likely N-dealkylation sites (tertiary alicyclic amines) is 1. The Morgan fingerprint density at radius 2 is 1.75 bits per heavy atom. The first-order valence-electron chi connectivity index (χ1n) is 3.72. The average Bonchev–Trinajstić information content (AvgIpc) is 2.32. The van der Waals surface area contributed by atoms with Gasteiger partial charge in [-0.2, -0.15) is 0 Å². The Morgan fingerprint density at radius 1 is 1.25 bits per heavy atom. The lowest BCUT2D eigenvalue weighted by atomic mass is 10.4. The van der Waals surface area contributed by atoms with Crippen LogP contribution in [0.4, 0.5) is 0 Å². The molecule has 3 nitrogen and oxygen atoms in total. The maximum atomic E-state index is 10.5. The summed E-state index contributed by atoms with van der Waals surface area (Å²) in [6, 6.07) is 0. The van der Waals surface area contributed by atoms with Crippen LogP contribution in [0.25, 0.3) is 0 Å². The van der Waals surface area contributed by atoms with Gasteiger partial charge in [-0.15, -0.1) is 12.4 Å². The van der Waals surface area contributed by atoms with Crippen molar-refractivity contribution in [3.63, 3.8) is 0 Å². The first-order valence-corrected chi connectivity index (χ1v) is 6.20. The van der Waals surface area contributed by atoms with Crippen molar-refractivity contribution in [1.29, 1.82) is 0 Å². The van der Waals surface area contributed by atoms with Crippen LogP contribution in [-0.2, 0) is 9.05 Å². The van der Waals surface area contributed by atoms with E-state index < -0.39 is 9.05 Å². The van der Waals surface area contributed by atoms with Crippen molar-refractivity contribution >= 4 is 32.1 Å². The van der Waals surface area contributed by atoms with Gasteiger partial charge in [0, 0.05) is 17.2 Å². The zero-order valence-corrected chi connectivity index (χ0v) is 9.09. The summed E-state index contributed by atoms with van der Waals surface area (Å²) < 4.78 is 21.1. The fourth-order valence-corrected chi connectivity index (χ4v) is 1.93. The maximum Gasteiger partial charge on any atom is 0.233 e. The van der Waals surface area contributed by atoms with E-state index in [1.54, 1.807) is 0 Å². The van der Waals surface area contributed by atoms with Crippen molar-refractivity contribution in [1.82, 2.24) is 4.90 Å². The molecule has 1 rings (SSSR count). The van der Waals surface area contributed by atoms with Crippen LogP contribution < -0.4 is 0 Å². The molecule has 1 heterocycles. The van der Waals surface area contributed by atoms with E-state index in [1.165, 1.54) is 12.8 Å². The van der Waals surface area contributed by atoms with Crippen LogP contribution in [0.1, 0.15) is 12.8 Å². The molecular weight excluding hydrogens is 221 g/mol. The van der Waals surface area contributed by atoms with Crippen molar-refractivity contribution < 1.29 is 8.42 Å². The summed E-state index contributed by atoms with van der Waals surface area (Å²) >= 11 is 0. The molecule has 1 saturated heterocycles. The molecule has 0 aromatic rings. The molecule has 0 spiro atoms. The molecule has 74 valence electrons. The number of halogens is 2. The van der Waals surface area contributed by atoms with Gasteiger partial charge in [0.1, 0.15) is 0 Å². The Balaban J connectivity index is 0.00000121. The lowest BCUT2D eigenvalue weighted by Crippen LogP contribution is -2.24. The summed E-state index contributed by atoms with van der Waals surface area (Å²) in [7, 11) is 1.78. The zero-order chi connectivity index (χ0) is 8.32. The molecule has 0 aromatic heterocycles. The van der Waals surface area contributed by atoms with Crippen LogP contribution in [0.2, 0.25) is 0 Å². The third-order valence-corrected chi connectivity index (χ3v) is 2.98. The van der Waals surface area contributed by atoms with Crippen molar-refractivity contribution in [3.05, 3.63) is 0 Å². The second-order valence-electron chi connectivity index (χ2n) is 2.79. The molecule has 0 radical (unpaired) electrons. The molecule has 1 aliphatic rings. The van der Waals surface area contributed by atoms with E-state index in [0.29, 0.717) is 6.54 Å². The normalized spacial score (nSPS) is 19.1. The number of hydrogen-bond acceptors (Lipinski definition) is 3. The first kappa shape index (κ1) is 12.5. The van der Waals surface area contributed by atoms with Gasteiger partial charge in [0.25, 0.3) is 0 Å². The Morgan fingerprint density at radius 3 is 2.17 bits per heavy atom. The Bertz CT molecular complexity index is 212. The molecule has 1 fully saturated rings. The van der Waals surface area contributed by atoms with Gasteiger partial charge in [0.2, 0.25) is 9.05 Å². The summed E-state index contributed by atoms with van der Waals surface area (Å²) in [5.74, 6) is 0.0779. The van der Waals surface area contributed by atoms with Crippen molar-refractivity contribution in [2.45, 2.75) is 12.8 Å². The smallest absolute Gasteiger partial charge is 0.233 e. The van der Waals surface area contributed by atoms with Gasteiger partial charge in [0.15, 0.2) is 0 Å². The summed E-state index contributed by atoms with van der Waals surface area (Å²) in [5, 5.41) is 0. The monoisotopic (exact) mass is 233 g/mol. The molecule has 0 atom stereocenters. The minimum absolute atomic E-state index is 0. The van der Waals surface area contributed by atoms with Gasteiger partial charge in [-0.1, -0.05) is 0 Å². The van der Waals surface area contributed by atoms with Crippen LogP contribution in [0, 0.1) is 0 Å². The second-order valence-corrected chi connectivity index (χ2v) is 5.69. The van der Waals surface area contributed by atoms with Gasteiger partial charge >= 0.3 is 0 Å². The molecule has 0 aromatic carbocycles. The van der Waals surface area contributed by atoms with Crippen LogP contribution in [0.3, 0.4) is 0 Å². The summed E-state index contributed by atoms with van der Waals surface area (Å²) in [6.45, 7) is 2.63. The van der Waals surface area contributed by atoms with Crippen LogP contribution in [-0.4, -0.2) is 38.7 Å². The lowest BCUT2D eigenvalue weighted by molar-refractivity contribution is 0.359. The minimum Gasteiger partial charge on any atom is -0.302 e. The van der Waals surface area contributed by atoms with Crippen LogP contribution >= 0.6 is 23.1 Å². The highest BCUT2D eigenvalue weighted by Crippen LogP contribution is 2.07. The summed E-state index contributed by atoms with van der Waals surface area (Å²) in [6.07, 6.45) is 2.37. The zero-order valence-electron chi connectivity index (χ0n) is 6.70. The van der Waals surface area contributed by atoms with E-state index in [-0.39, 0.29) is 18.2 Å². The van der Waals surface area contributed by atoms with Crippen molar-refractivity contribution in [2.24, 2.45) is 0 Å². The quantitative estimate of drug-likeness (QED) is 0.685. The highest BCUT2D eigenvalue weighted by molar-refractivity contribution is 8.13. The van der Waals surface area contributed by atoms with E-state index in [9.17, 15) is 8.42 Å². The first-order chi connectivity index (χ1) is 5.08. The van der Waals surface area contributed by atoms with Crippen molar-refractivity contribution in [3.8, 4) is 0 Å². The highest BCUT2D eigenvalue weighted by Gasteiger charge is 2.14. The van der Waals surface area contributed by atoms with Gasteiger partial charge in [-0.05, 0) is 25.9 Å². The molecule has 0 bridgehead atoms. The molecule has 0 amide bonds. The topological polar surface area (TPSA) is 37.4 Å². The Kier molecular flexibility index (Phi) is 5.48. The van der Waals surface area contributed by atoms with Gasteiger partial charge in [0.05, 0.1) is 5.75 Å². The molecule has 0 N–H and O–H groups in total. The highest BCUT2D eigenvalue weighted by atomic mass is 35.7.